The summed E-state index contributed by atoms with van der Waals surface area (Å²) >= 11 is 0. The van der Waals surface area contributed by atoms with Crippen LogP contribution in [0.5, 0.6) is 11.6 Å². The zero-order valence-electron chi connectivity index (χ0n) is 13.9. The fraction of sp³-hybridized carbons (Fsp3) is 0.333. The minimum absolute atomic E-state index is 0.0982. The van der Waals surface area contributed by atoms with Crippen molar-refractivity contribution in [2.75, 3.05) is 32.1 Å². The molecule has 1 unspecified atom stereocenters. The van der Waals surface area contributed by atoms with Crippen LogP contribution >= 0.6 is 0 Å². The average Bonchev–Trinajstić information content (AvgIpc) is 3.01. The van der Waals surface area contributed by atoms with Gasteiger partial charge >= 0.3 is 0 Å². The summed E-state index contributed by atoms with van der Waals surface area (Å²) in [5.41, 5.74) is 0.695. The van der Waals surface area contributed by atoms with Gasteiger partial charge in [0.15, 0.2) is 0 Å². The highest BCUT2D eigenvalue weighted by Crippen LogP contribution is 2.18. The van der Waals surface area contributed by atoms with Crippen LogP contribution in [-0.2, 0) is 4.79 Å². The SMILES string of the molecule is COc1cccc(NC(=O)CN2CCC(Oc3cccc(F)n3)C2)c1. The van der Waals surface area contributed by atoms with Crippen molar-refractivity contribution in [2.24, 2.45) is 0 Å². The van der Waals surface area contributed by atoms with E-state index in [-0.39, 0.29) is 24.4 Å². The van der Waals surface area contributed by atoms with Crippen LogP contribution in [0.15, 0.2) is 42.5 Å². The Morgan fingerprint density at radius 2 is 2.20 bits per heavy atom. The number of nitrogens with one attached hydrogen (secondary N) is 1. The molecule has 1 saturated heterocycles. The molecule has 1 aromatic carbocycles. The molecule has 0 spiro atoms. The predicted molar refractivity (Wildman–Crippen MR) is 91.3 cm³/mol. The van der Waals surface area contributed by atoms with Crippen LogP contribution in [0.2, 0.25) is 0 Å². The van der Waals surface area contributed by atoms with E-state index in [0.717, 1.165) is 13.0 Å². The van der Waals surface area contributed by atoms with Gasteiger partial charge in [-0.3, -0.25) is 9.69 Å². The number of halogens is 1. The van der Waals surface area contributed by atoms with Gasteiger partial charge in [-0.25, -0.2) is 0 Å². The molecule has 25 heavy (non-hydrogen) atoms. The second-order valence-electron chi connectivity index (χ2n) is 5.84. The Labute approximate surface area is 145 Å². The first-order valence-corrected chi connectivity index (χ1v) is 8.08. The Bertz CT molecular complexity index is 741. The summed E-state index contributed by atoms with van der Waals surface area (Å²) in [5, 5.41) is 2.85. The number of hydrogen-bond donors (Lipinski definition) is 1. The van der Waals surface area contributed by atoms with Crippen LogP contribution in [0.4, 0.5) is 10.1 Å². The first-order chi connectivity index (χ1) is 12.1. The monoisotopic (exact) mass is 345 g/mol. The van der Waals surface area contributed by atoms with Gasteiger partial charge in [0.05, 0.1) is 13.7 Å². The lowest BCUT2D eigenvalue weighted by Crippen LogP contribution is -2.33. The van der Waals surface area contributed by atoms with Gasteiger partial charge in [-0.2, -0.15) is 9.37 Å². The maximum atomic E-state index is 13.1. The molecule has 1 N–H and O–H groups in total. The lowest BCUT2D eigenvalue weighted by Gasteiger charge is -2.16. The van der Waals surface area contributed by atoms with Gasteiger partial charge in [0, 0.05) is 30.9 Å². The molecule has 0 bridgehead atoms. The van der Waals surface area contributed by atoms with Gasteiger partial charge in [-0.15, -0.1) is 0 Å². The van der Waals surface area contributed by atoms with Crippen molar-refractivity contribution >= 4 is 11.6 Å². The largest absolute Gasteiger partial charge is 0.497 e. The summed E-state index contributed by atoms with van der Waals surface area (Å²) in [5.74, 6) is 0.297. The first-order valence-electron chi connectivity index (χ1n) is 8.08. The number of carbonyl (C=O) groups excluding carboxylic acids is 1. The van der Waals surface area contributed by atoms with Gasteiger partial charge < -0.3 is 14.8 Å². The fourth-order valence-corrected chi connectivity index (χ4v) is 2.77. The second kappa shape index (κ2) is 7.94. The molecule has 1 fully saturated rings. The molecule has 132 valence electrons. The molecule has 7 heteroatoms. The molecular weight excluding hydrogens is 325 g/mol. The Hall–Kier alpha value is -2.67. The van der Waals surface area contributed by atoms with Gasteiger partial charge in [-0.1, -0.05) is 12.1 Å². The Kier molecular flexibility index (Phi) is 5.45. The van der Waals surface area contributed by atoms with E-state index >= 15 is 0 Å². The smallest absolute Gasteiger partial charge is 0.238 e. The van der Waals surface area contributed by atoms with E-state index in [2.05, 4.69) is 10.3 Å². The van der Waals surface area contributed by atoms with Crippen LogP contribution in [0, 0.1) is 5.95 Å². The normalized spacial score (nSPS) is 17.3. The van der Waals surface area contributed by atoms with Crippen molar-refractivity contribution in [1.82, 2.24) is 9.88 Å². The second-order valence-corrected chi connectivity index (χ2v) is 5.84. The summed E-state index contributed by atoms with van der Waals surface area (Å²) in [6.07, 6.45) is 0.670. The molecule has 0 saturated carbocycles. The highest BCUT2D eigenvalue weighted by Gasteiger charge is 2.25. The number of methoxy groups -OCH3 is 1. The van der Waals surface area contributed by atoms with Gasteiger partial charge in [-0.05, 0) is 24.6 Å². The van der Waals surface area contributed by atoms with Crippen LogP contribution in [-0.4, -0.2) is 48.6 Å². The molecule has 1 aliphatic heterocycles. The van der Waals surface area contributed by atoms with Crippen LogP contribution in [0.3, 0.4) is 0 Å². The number of hydrogen-bond acceptors (Lipinski definition) is 5. The standard InChI is InChI=1S/C18H20FN3O3/c1-24-14-5-2-4-13(10-14)20-17(23)12-22-9-8-15(11-22)25-18-7-3-6-16(19)21-18/h2-7,10,15H,8-9,11-12H2,1H3,(H,20,23). The number of pyridine rings is 1. The Morgan fingerprint density at radius 3 is 3.00 bits per heavy atom. The highest BCUT2D eigenvalue weighted by atomic mass is 19.1. The lowest BCUT2D eigenvalue weighted by molar-refractivity contribution is -0.117. The van der Waals surface area contributed by atoms with Crippen LogP contribution in [0.25, 0.3) is 0 Å². The molecule has 2 aromatic rings. The fourth-order valence-electron chi connectivity index (χ4n) is 2.77. The summed E-state index contributed by atoms with van der Waals surface area (Å²) in [6.45, 7) is 1.61. The predicted octanol–water partition coefficient (Wildman–Crippen LogP) is 2.32. The van der Waals surface area contributed by atoms with E-state index in [0.29, 0.717) is 18.0 Å². The summed E-state index contributed by atoms with van der Waals surface area (Å²) in [4.78, 5) is 17.9. The third-order valence-electron chi connectivity index (χ3n) is 3.93. The van der Waals surface area contributed by atoms with Crippen molar-refractivity contribution in [3.63, 3.8) is 0 Å². The number of aromatic nitrogens is 1. The van der Waals surface area contributed by atoms with E-state index in [9.17, 15) is 9.18 Å². The molecule has 0 aliphatic carbocycles. The van der Waals surface area contributed by atoms with Crippen molar-refractivity contribution in [2.45, 2.75) is 12.5 Å². The van der Waals surface area contributed by atoms with E-state index in [1.807, 2.05) is 23.1 Å². The molecular formula is C18H20FN3O3. The van der Waals surface area contributed by atoms with Crippen molar-refractivity contribution in [3.05, 3.63) is 48.4 Å². The number of likely N-dealkylation sites (tertiary alicyclic amines) is 1. The van der Waals surface area contributed by atoms with Crippen LogP contribution in [0.1, 0.15) is 6.42 Å². The molecule has 2 heterocycles. The van der Waals surface area contributed by atoms with Crippen LogP contribution < -0.4 is 14.8 Å². The summed E-state index contributed by atoms with van der Waals surface area (Å²) in [7, 11) is 1.58. The molecule has 1 aromatic heterocycles. The summed E-state index contributed by atoms with van der Waals surface area (Å²) < 4.78 is 23.9. The van der Waals surface area contributed by atoms with Crippen molar-refractivity contribution in [3.8, 4) is 11.6 Å². The molecule has 0 radical (unpaired) electrons. The van der Waals surface area contributed by atoms with E-state index in [1.165, 1.54) is 6.07 Å². The molecule has 1 amide bonds. The van der Waals surface area contributed by atoms with Crippen molar-refractivity contribution < 1.29 is 18.7 Å². The number of carbonyl (C=O) groups is 1. The number of anilines is 1. The minimum Gasteiger partial charge on any atom is -0.497 e. The van der Waals surface area contributed by atoms with Gasteiger partial charge in [0.25, 0.3) is 0 Å². The number of amides is 1. The lowest BCUT2D eigenvalue weighted by atomic mass is 10.3. The van der Waals surface area contributed by atoms with Crippen molar-refractivity contribution in [1.29, 1.82) is 0 Å². The zero-order valence-corrected chi connectivity index (χ0v) is 13.9. The maximum absolute atomic E-state index is 13.1. The summed E-state index contributed by atoms with van der Waals surface area (Å²) in [6, 6.07) is 11.7. The van der Waals surface area contributed by atoms with E-state index < -0.39 is 5.95 Å². The first kappa shape index (κ1) is 17.2. The third kappa shape index (κ3) is 4.90. The quantitative estimate of drug-likeness (QED) is 0.814. The Balaban J connectivity index is 1.48. The molecule has 1 aliphatic rings. The number of ether oxygens (including phenoxy) is 2. The average molecular weight is 345 g/mol. The number of benzene rings is 1. The topological polar surface area (TPSA) is 63.7 Å². The molecule has 1 atom stereocenters. The Morgan fingerprint density at radius 1 is 1.36 bits per heavy atom. The molecule has 6 nitrogen and oxygen atoms in total. The van der Waals surface area contributed by atoms with Gasteiger partial charge in [0.2, 0.25) is 17.7 Å². The minimum atomic E-state index is -0.565. The number of nitrogens with zero attached hydrogens (tertiary/aromatic N) is 2. The maximum Gasteiger partial charge on any atom is 0.238 e. The van der Waals surface area contributed by atoms with Gasteiger partial charge in [0.1, 0.15) is 11.9 Å². The van der Waals surface area contributed by atoms with E-state index in [4.69, 9.17) is 9.47 Å². The highest BCUT2D eigenvalue weighted by molar-refractivity contribution is 5.92. The molecule has 3 rings (SSSR count). The third-order valence-corrected chi connectivity index (χ3v) is 3.93. The number of rotatable bonds is 6. The zero-order chi connectivity index (χ0) is 17.6. The van der Waals surface area contributed by atoms with E-state index in [1.54, 1.807) is 25.3 Å².